The lowest BCUT2D eigenvalue weighted by Gasteiger charge is -2.22. The van der Waals surface area contributed by atoms with E-state index in [0.717, 1.165) is 41.7 Å². The van der Waals surface area contributed by atoms with E-state index in [1.165, 1.54) is 5.75 Å². The van der Waals surface area contributed by atoms with Crippen LogP contribution in [-0.2, 0) is 6.54 Å². The van der Waals surface area contributed by atoms with Crippen LogP contribution < -0.4 is 10.1 Å². The molecular formula is C16H26ClNOS. The molecule has 2 nitrogen and oxygen atoms in total. The molecule has 0 aliphatic carbocycles. The second kappa shape index (κ2) is 8.81. The molecule has 0 fully saturated rings. The second-order valence-electron chi connectivity index (χ2n) is 5.75. The highest BCUT2D eigenvalue weighted by Crippen LogP contribution is 2.23. The van der Waals surface area contributed by atoms with Crippen LogP contribution >= 0.6 is 23.4 Å². The molecule has 1 N–H and O–H groups in total. The van der Waals surface area contributed by atoms with Crippen LogP contribution in [0.25, 0.3) is 0 Å². The summed E-state index contributed by atoms with van der Waals surface area (Å²) < 4.78 is 5.89. The van der Waals surface area contributed by atoms with Crippen molar-refractivity contribution in [3.63, 3.8) is 0 Å². The molecule has 20 heavy (non-hydrogen) atoms. The predicted octanol–water partition coefficient (Wildman–Crippen LogP) is 4.75. The van der Waals surface area contributed by atoms with Gasteiger partial charge in [0.2, 0.25) is 0 Å². The number of hydrogen-bond acceptors (Lipinski definition) is 3. The molecule has 0 bridgehead atoms. The molecule has 0 radical (unpaired) electrons. The lowest BCUT2D eigenvalue weighted by atomic mass is 10.1. The number of benzene rings is 1. The summed E-state index contributed by atoms with van der Waals surface area (Å²) in [5, 5.41) is 4.23. The Morgan fingerprint density at radius 1 is 1.30 bits per heavy atom. The van der Waals surface area contributed by atoms with E-state index in [9.17, 15) is 0 Å². The van der Waals surface area contributed by atoms with E-state index < -0.39 is 0 Å². The highest BCUT2D eigenvalue weighted by atomic mass is 35.5. The Morgan fingerprint density at radius 2 is 2.05 bits per heavy atom. The number of ether oxygens (including phenoxy) is 1. The molecule has 0 saturated carbocycles. The Balaban J connectivity index is 2.56. The summed E-state index contributed by atoms with van der Waals surface area (Å²) in [6.07, 6.45) is 1.08. The maximum Gasteiger partial charge on any atom is 0.123 e. The standard InChI is InChI=1S/C16H26ClNOS/c1-5-20-10-6-9-19-15-8-7-14(17)11-13(15)12-18-16(2,3)4/h7-8,11,18H,5-6,9-10,12H2,1-4H3. The van der Waals surface area contributed by atoms with Gasteiger partial charge in [-0.1, -0.05) is 18.5 Å². The minimum Gasteiger partial charge on any atom is -0.493 e. The number of thioether (sulfide) groups is 1. The molecule has 0 unspecified atom stereocenters. The monoisotopic (exact) mass is 315 g/mol. The first-order valence-electron chi connectivity index (χ1n) is 7.16. The van der Waals surface area contributed by atoms with Crippen molar-refractivity contribution in [2.24, 2.45) is 0 Å². The van der Waals surface area contributed by atoms with Gasteiger partial charge in [-0.15, -0.1) is 0 Å². The van der Waals surface area contributed by atoms with Gasteiger partial charge in [-0.2, -0.15) is 11.8 Å². The second-order valence-corrected chi connectivity index (χ2v) is 7.58. The average molecular weight is 316 g/mol. The van der Waals surface area contributed by atoms with Crippen LogP contribution in [0.15, 0.2) is 18.2 Å². The summed E-state index contributed by atoms with van der Waals surface area (Å²) in [5.74, 6) is 3.26. The van der Waals surface area contributed by atoms with Crippen LogP contribution in [0.1, 0.15) is 39.7 Å². The Labute approximate surface area is 132 Å². The van der Waals surface area contributed by atoms with Gasteiger partial charge in [0.05, 0.1) is 6.61 Å². The van der Waals surface area contributed by atoms with Gasteiger partial charge < -0.3 is 10.1 Å². The Kier molecular flexibility index (Phi) is 7.78. The van der Waals surface area contributed by atoms with Crippen molar-refractivity contribution in [3.8, 4) is 5.75 Å². The Hall–Kier alpha value is -0.380. The summed E-state index contributed by atoms with van der Waals surface area (Å²) >= 11 is 8.03. The summed E-state index contributed by atoms with van der Waals surface area (Å²) in [7, 11) is 0. The third kappa shape index (κ3) is 7.41. The fraction of sp³-hybridized carbons (Fsp3) is 0.625. The molecule has 1 rings (SSSR count). The molecule has 1 aromatic rings. The van der Waals surface area contributed by atoms with Crippen LogP contribution in [0.2, 0.25) is 5.02 Å². The molecule has 0 atom stereocenters. The van der Waals surface area contributed by atoms with Crippen molar-refractivity contribution in [3.05, 3.63) is 28.8 Å². The highest BCUT2D eigenvalue weighted by Gasteiger charge is 2.11. The quantitative estimate of drug-likeness (QED) is 0.699. The summed E-state index contributed by atoms with van der Waals surface area (Å²) in [4.78, 5) is 0. The van der Waals surface area contributed by atoms with E-state index in [-0.39, 0.29) is 5.54 Å². The van der Waals surface area contributed by atoms with E-state index in [0.29, 0.717) is 0 Å². The fourth-order valence-electron chi connectivity index (χ4n) is 1.67. The van der Waals surface area contributed by atoms with Crippen LogP contribution in [0, 0.1) is 0 Å². The molecule has 0 heterocycles. The minimum atomic E-state index is 0.0807. The smallest absolute Gasteiger partial charge is 0.123 e. The first kappa shape index (κ1) is 17.7. The largest absolute Gasteiger partial charge is 0.493 e. The van der Waals surface area contributed by atoms with Crippen molar-refractivity contribution in [1.29, 1.82) is 0 Å². The lowest BCUT2D eigenvalue weighted by molar-refractivity contribution is 0.312. The summed E-state index contributed by atoms with van der Waals surface area (Å²) in [6, 6.07) is 5.84. The molecule has 0 aliphatic heterocycles. The maximum absolute atomic E-state index is 6.08. The van der Waals surface area contributed by atoms with Gasteiger partial charge in [0.1, 0.15) is 5.75 Å². The van der Waals surface area contributed by atoms with Crippen LogP contribution in [-0.4, -0.2) is 23.7 Å². The zero-order valence-electron chi connectivity index (χ0n) is 13.0. The summed E-state index contributed by atoms with van der Waals surface area (Å²) in [5.41, 5.74) is 1.20. The van der Waals surface area contributed by atoms with E-state index >= 15 is 0 Å². The van der Waals surface area contributed by atoms with Crippen molar-refractivity contribution in [2.45, 2.75) is 46.2 Å². The molecule has 114 valence electrons. The highest BCUT2D eigenvalue weighted by molar-refractivity contribution is 7.99. The van der Waals surface area contributed by atoms with Crippen molar-refractivity contribution in [2.75, 3.05) is 18.1 Å². The van der Waals surface area contributed by atoms with Gasteiger partial charge in [-0.05, 0) is 56.9 Å². The molecule has 4 heteroatoms. The van der Waals surface area contributed by atoms with Gasteiger partial charge in [-0.25, -0.2) is 0 Å². The van der Waals surface area contributed by atoms with Crippen molar-refractivity contribution in [1.82, 2.24) is 5.32 Å². The zero-order chi connectivity index (χ0) is 15.0. The molecular weight excluding hydrogens is 290 g/mol. The molecule has 0 aromatic heterocycles. The zero-order valence-corrected chi connectivity index (χ0v) is 14.5. The normalized spacial score (nSPS) is 11.7. The third-order valence-electron chi connectivity index (χ3n) is 2.73. The van der Waals surface area contributed by atoms with Crippen LogP contribution in [0.3, 0.4) is 0 Å². The predicted molar refractivity (Wildman–Crippen MR) is 91.2 cm³/mol. The molecule has 0 spiro atoms. The van der Waals surface area contributed by atoms with Gasteiger partial charge >= 0.3 is 0 Å². The topological polar surface area (TPSA) is 21.3 Å². The molecule has 0 amide bonds. The Morgan fingerprint density at radius 3 is 2.70 bits per heavy atom. The van der Waals surface area contributed by atoms with Crippen molar-refractivity contribution >= 4 is 23.4 Å². The molecule has 0 saturated heterocycles. The van der Waals surface area contributed by atoms with Gasteiger partial charge in [0.25, 0.3) is 0 Å². The van der Waals surface area contributed by atoms with Gasteiger partial charge in [0, 0.05) is 22.7 Å². The lowest BCUT2D eigenvalue weighted by Crippen LogP contribution is -2.35. The van der Waals surface area contributed by atoms with Gasteiger partial charge in [-0.3, -0.25) is 0 Å². The number of rotatable bonds is 8. The molecule has 0 aliphatic rings. The average Bonchev–Trinajstić information content (AvgIpc) is 2.37. The SMILES string of the molecule is CCSCCCOc1ccc(Cl)cc1CNC(C)(C)C. The van der Waals surface area contributed by atoms with E-state index in [1.54, 1.807) is 0 Å². The number of nitrogens with one attached hydrogen (secondary N) is 1. The number of hydrogen-bond donors (Lipinski definition) is 1. The molecule has 1 aromatic carbocycles. The summed E-state index contributed by atoms with van der Waals surface area (Å²) in [6.45, 7) is 10.2. The van der Waals surface area contributed by atoms with Crippen LogP contribution in [0.4, 0.5) is 0 Å². The first-order valence-corrected chi connectivity index (χ1v) is 8.69. The van der Waals surface area contributed by atoms with Crippen LogP contribution in [0.5, 0.6) is 5.75 Å². The first-order chi connectivity index (χ1) is 9.42. The Bertz CT molecular complexity index is 404. The van der Waals surface area contributed by atoms with Gasteiger partial charge in [0.15, 0.2) is 0 Å². The van der Waals surface area contributed by atoms with E-state index in [2.05, 4.69) is 33.0 Å². The minimum absolute atomic E-state index is 0.0807. The maximum atomic E-state index is 6.08. The van der Waals surface area contributed by atoms with Crippen molar-refractivity contribution < 1.29 is 4.74 Å². The third-order valence-corrected chi connectivity index (χ3v) is 3.95. The van der Waals surface area contributed by atoms with E-state index in [4.69, 9.17) is 16.3 Å². The van der Waals surface area contributed by atoms with E-state index in [1.807, 2.05) is 30.0 Å². The number of halogens is 1. The fourth-order valence-corrected chi connectivity index (χ4v) is 2.48.